The first-order chi connectivity index (χ1) is 14.0. The Morgan fingerprint density at radius 1 is 0.967 bits per heavy atom. The second kappa shape index (κ2) is 11.9. The molecule has 1 aromatic carbocycles. The first kappa shape index (κ1) is 25.1. The number of amides is 3. The average Bonchev–Trinajstić information content (AvgIpc) is 2.68. The Morgan fingerprint density at radius 2 is 1.57 bits per heavy atom. The molecular formula is C20H30N4O6. The molecule has 0 aliphatic carbocycles. The number of nitrogens with two attached hydrogens (primary N) is 1. The van der Waals surface area contributed by atoms with E-state index >= 15 is 0 Å². The largest absolute Gasteiger partial charge is 0.480 e. The average molecular weight is 422 g/mol. The maximum atomic E-state index is 12.3. The number of carbonyl (C=O) groups is 4. The predicted molar refractivity (Wildman–Crippen MR) is 109 cm³/mol. The van der Waals surface area contributed by atoms with Crippen molar-refractivity contribution in [3.05, 3.63) is 35.9 Å². The molecule has 0 bridgehead atoms. The molecule has 30 heavy (non-hydrogen) atoms. The van der Waals surface area contributed by atoms with E-state index < -0.39 is 54.5 Å². The van der Waals surface area contributed by atoms with Crippen molar-refractivity contribution in [1.82, 2.24) is 16.0 Å². The van der Waals surface area contributed by atoms with Gasteiger partial charge in [-0.25, -0.2) is 4.79 Å². The summed E-state index contributed by atoms with van der Waals surface area (Å²) in [5, 5.41) is 25.9. The van der Waals surface area contributed by atoms with Crippen molar-refractivity contribution in [3.8, 4) is 0 Å². The fourth-order valence-electron chi connectivity index (χ4n) is 2.64. The lowest BCUT2D eigenvalue weighted by atomic mass is 10.0. The molecule has 7 N–H and O–H groups in total. The number of aliphatic carboxylic acids is 1. The number of hydrogen-bond donors (Lipinski definition) is 6. The summed E-state index contributed by atoms with van der Waals surface area (Å²) in [5.41, 5.74) is 6.73. The molecule has 3 amide bonds. The Morgan fingerprint density at radius 3 is 2.07 bits per heavy atom. The van der Waals surface area contributed by atoms with Crippen LogP contribution in [0.3, 0.4) is 0 Å². The Balaban J connectivity index is 2.62. The first-order valence-corrected chi connectivity index (χ1v) is 9.60. The van der Waals surface area contributed by atoms with Crippen molar-refractivity contribution in [2.45, 2.75) is 51.4 Å². The van der Waals surface area contributed by atoms with Crippen LogP contribution in [0.1, 0.15) is 26.3 Å². The lowest BCUT2D eigenvalue weighted by Crippen LogP contribution is -2.57. The van der Waals surface area contributed by atoms with Crippen molar-refractivity contribution in [3.63, 3.8) is 0 Å². The van der Waals surface area contributed by atoms with E-state index in [1.54, 1.807) is 13.8 Å². The molecule has 1 rings (SSSR count). The van der Waals surface area contributed by atoms with E-state index in [0.717, 1.165) is 5.56 Å². The van der Waals surface area contributed by atoms with E-state index in [1.807, 2.05) is 30.3 Å². The van der Waals surface area contributed by atoms with Crippen LogP contribution in [0.4, 0.5) is 0 Å². The zero-order valence-electron chi connectivity index (χ0n) is 17.3. The van der Waals surface area contributed by atoms with Gasteiger partial charge in [-0.1, -0.05) is 44.2 Å². The molecular weight excluding hydrogens is 392 g/mol. The highest BCUT2D eigenvalue weighted by molar-refractivity contribution is 5.93. The number of aliphatic hydroxyl groups excluding tert-OH is 1. The number of aliphatic hydroxyl groups is 1. The molecule has 0 saturated heterocycles. The molecule has 0 aliphatic heterocycles. The molecule has 10 nitrogen and oxygen atoms in total. The van der Waals surface area contributed by atoms with Crippen LogP contribution in [0.2, 0.25) is 0 Å². The Bertz CT molecular complexity index is 738. The van der Waals surface area contributed by atoms with Crippen LogP contribution in [0.15, 0.2) is 30.3 Å². The summed E-state index contributed by atoms with van der Waals surface area (Å²) >= 11 is 0. The number of carbonyl (C=O) groups excluding carboxylic acids is 3. The highest BCUT2D eigenvalue weighted by Gasteiger charge is 2.29. The third-order valence-electron chi connectivity index (χ3n) is 4.37. The molecule has 0 saturated carbocycles. The van der Waals surface area contributed by atoms with Gasteiger partial charge in [0.1, 0.15) is 12.1 Å². The number of carboxylic acids is 1. The van der Waals surface area contributed by atoms with Gasteiger partial charge in [0, 0.05) is 0 Å². The number of hydrogen-bond acceptors (Lipinski definition) is 6. The van der Waals surface area contributed by atoms with Crippen LogP contribution in [0.5, 0.6) is 0 Å². The van der Waals surface area contributed by atoms with E-state index in [-0.39, 0.29) is 12.3 Å². The van der Waals surface area contributed by atoms with Gasteiger partial charge in [0.2, 0.25) is 17.7 Å². The van der Waals surface area contributed by atoms with Crippen LogP contribution in [-0.4, -0.2) is 64.7 Å². The van der Waals surface area contributed by atoms with E-state index in [2.05, 4.69) is 16.0 Å². The van der Waals surface area contributed by atoms with Gasteiger partial charge in [-0.3, -0.25) is 14.4 Å². The molecule has 4 unspecified atom stereocenters. The van der Waals surface area contributed by atoms with Crippen LogP contribution >= 0.6 is 0 Å². The zero-order valence-corrected chi connectivity index (χ0v) is 17.3. The zero-order chi connectivity index (χ0) is 22.8. The number of nitrogens with one attached hydrogen (secondary N) is 3. The Hall–Kier alpha value is -2.98. The van der Waals surface area contributed by atoms with Gasteiger partial charge in [0.25, 0.3) is 0 Å². The molecule has 0 spiro atoms. The summed E-state index contributed by atoms with van der Waals surface area (Å²) in [6, 6.07) is 5.71. The third-order valence-corrected chi connectivity index (χ3v) is 4.37. The summed E-state index contributed by atoms with van der Waals surface area (Å²) in [4.78, 5) is 47.7. The van der Waals surface area contributed by atoms with Crippen molar-refractivity contribution in [1.29, 1.82) is 0 Å². The number of rotatable bonds is 11. The molecule has 0 radical (unpaired) electrons. The van der Waals surface area contributed by atoms with Crippen LogP contribution in [-0.2, 0) is 25.6 Å². The normalized spacial score (nSPS) is 14.9. The molecule has 4 atom stereocenters. The Labute approximate surface area is 175 Å². The van der Waals surface area contributed by atoms with Gasteiger partial charge in [-0.05, 0) is 24.8 Å². The van der Waals surface area contributed by atoms with Crippen molar-refractivity contribution >= 4 is 23.7 Å². The number of carboxylic acid groups (broad SMARTS) is 1. The maximum absolute atomic E-state index is 12.3. The van der Waals surface area contributed by atoms with Crippen LogP contribution < -0.4 is 21.7 Å². The standard InChI is InChI=1S/C20H30N4O6/c1-11(2)16(20(29)30)23-15(26)10-22-19(28)17(12(3)25)24-18(27)14(21)9-13-7-5-4-6-8-13/h4-8,11-12,14,16-17,25H,9-10,21H2,1-3H3,(H,22,28)(H,23,26)(H,24,27)(H,29,30). The predicted octanol–water partition coefficient (Wildman–Crippen LogP) is -1.24. The highest BCUT2D eigenvalue weighted by Crippen LogP contribution is 2.03. The van der Waals surface area contributed by atoms with E-state index in [0.29, 0.717) is 0 Å². The fourth-order valence-corrected chi connectivity index (χ4v) is 2.64. The molecule has 1 aromatic rings. The first-order valence-electron chi connectivity index (χ1n) is 9.60. The third kappa shape index (κ3) is 8.18. The minimum Gasteiger partial charge on any atom is -0.480 e. The molecule has 0 fully saturated rings. The van der Waals surface area contributed by atoms with Crippen LogP contribution in [0.25, 0.3) is 0 Å². The van der Waals surface area contributed by atoms with Crippen molar-refractivity contribution < 1.29 is 29.4 Å². The molecule has 0 aliphatic rings. The summed E-state index contributed by atoms with van der Waals surface area (Å²) in [7, 11) is 0. The second-order valence-electron chi connectivity index (χ2n) is 7.37. The van der Waals surface area contributed by atoms with Crippen molar-refractivity contribution in [2.75, 3.05) is 6.54 Å². The van der Waals surface area contributed by atoms with Crippen molar-refractivity contribution in [2.24, 2.45) is 11.7 Å². The molecule has 0 aromatic heterocycles. The second-order valence-corrected chi connectivity index (χ2v) is 7.37. The quantitative estimate of drug-likeness (QED) is 0.259. The Kier molecular flexibility index (Phi) is 9.93. The number of benzene rings is 1. The molecule has 0 heterocycles. The smallest absolute Gasteiger partial charge is 0.326 e. The van der Waals surface area contributed by atoms with Gasteiger partial charge >= 0.3 is 5.97 Å². The highest BCUT2D eigenvalue weighted by atomic mass is 16.4. The van der Waals surface area contributed by atoms with Gasteiger partial charge in [-0.15, -0.1) is 0 Å². The van der Waals surface area contributed by atoms with E-state index in [4.69, 9.17) is 10.8 Å². The summed E-state index contributed by atoms with van der Waals surface area (Å²) in [5.74, 6) is -3.67. The summed E-state index contributed by atoms with van der Waals surface area (Å²) < 4.78 is 0. The lowest BCUT2D eigenvalue weighted by Gasteiger charge is -2.23. The summed E-state index contributed by atoms with van der Waals surface area (Å²) in [6.07, 6.45) is -1.00. The fraction of sp³-hybridized carbons (Fsp3) is 0.500. The van der Waals surface area contributed by atoms with E-state index in [1.165, 1.54) is 6.92 Å². The minimum absolute atomic E-state index is 0.245. The molecule has 166 valence electrons. The van der Waals surface area contributed by atoms with Gasteiger partial charge in [0.05, 0.1) is 18.7 Å². The van der Waals surface area contributed by atoms with Gasteiger partial charge in [0.15, 0.2) is 0 Å². The maximum Gasteiger partial charge on any atom is 0.326 e. The topological polar surface area (TPSA) is 171 Å². The minimum atomic E-state index is -1.33. The summed E-state index contributed by atoms with van der Waals surface area (Å²) in [6.45, 7) is 4.07. The SMILES string of the molecule is CC(C)C(NC(=O)CNC(=O)C(NC(=O)C(N)Cc1ccccc1)C(C)O)C(=O)O. The monoisotopic (exact) mass is 422 g/mol. The van der Waals surface area contributed by atoms with E-state index in [9.17, 15) is 24.3 Å². The van der Waals surface area contributed by atoms with Gasteiger partial charge in [-0.2, -0.15) is 0 Å². The van der Waals surface area contributed by atoms with Crippen LogP contribution in [0, 0.1) is 5.92 Å². The lowest BCUT2D eigenvalue weighted by molar-refractivity contribution is -0.143. The molecule has 10 heteroatoms. The van der Waals surface area contributed by atoms with Gasteiger partial charge < -0.3 is 31.9 Å².